The second-order valence-corrected chi connectivity index (χ2v) is 4.96. The lowest BCUT2D eigenvalue weighted by atomic mass is 10.2. The van der Waals surface area contributed by atoms with E-state index in [1.807, 2.05) is 0 Å². The second kappa shape index (κ2) is 5.84. The molecule has 2 aromatic rings. The van der Waals surface area contributed by atoms with E-state index in [0.717, 1.165) is 12.3 Å². The van der Waals surface area contributed by atoms with Crippen molar-refractivity contribution in [2.75, 3.05) is 5.75 Å². The first-order chi connectivity index (χ1) is 8.28. The highest BCUT2D eigenvalue weighted by atomic mass is 32.2. The highest BCUT2D eigenvalue weighted by Crippen LogP contribution is 2.18. The van der Waals surface area contributed by atoms with Crippen molar-refractivity contribution in [3.05, 3.63) is 41.7 Å². The van der Waals surface area contributed by atoms with Crippen molar-refractivity contribution >= 4 is 11.8 Å². The summed E-state index contributed by atoms with van der Waals surface area (Å²) in [4.78, 5) is 1.26. The molecule has 0 radical (unpaired) electrons. The van der Waals surface area contributed by atoms with Gasteiger partial charge in [-0.05, 0) is 19.1 Å². The van der Waals surface area contributed by atoms with Gasteiger partial charge in [0, 0.05) is 10.6 Å². The molecule has 0 spiro atoms. The number of aliphatic hydroxyl groups excluding tert-OH is 1. The van der Waals surface area contributed by atoms with Crippen LogP contribution in [-0.4, -0.2) is 25.9 Å². The normalized spacial score (nSPS) is 10.7. The van der Waals surface area contributed by atoms with Gasteiger partial charge in [-0.2, -0.15) is 0 Å². The Kier molecular flexibility index (Phi) is 4.17. The third-order valence-corrected chi connectivity index (χ3v) is 3.35. The van der Waals surface area contributed by atoms with Gasteiger partial charge >= 0.3 is 0 Å². The zero-order valence-electron chi connectivity index (χ0n) is 9.71. The van der Waals surface area contributed by atoms with Crippen molar-refractivity contribution in [3.8, 4) is 0 Å². The summed E-state index contributed by atoms with van der Waals surface area (Å²) in [5.41, 5.74) is 1.89. The van der Waals surface area contributed by atoms with Gasteiger partial charge in [-0.1, -0.05) is 22.9 Å². The largest absolute Gasteiger partial charge is 0.390 e. The van der Waals surface area contributed by atoms with Crippen LogP contribution in [0.15, 0.2) is 35.4 Å². The number of aliphatic hydroxyl groups is 1. The Bertz CT molecular complexity index is 467. The molecular weight excluding hydrogens is 234 g/mol. The molecule has 1 N–H and O–H groups in total. The molecule has 1 aromatic heterocycles. The maximum atomic E-state index is 8.86. The topological polar surface area (TPSA) is 50.9 Å². The van der Waals surface area contributed by atoms with E-state index in [4.69, 9.17) is 5.11 Å². The van der Waals surface area contributed by atoms with Crippen molar-refractivity contribution in [2.24, 2.45) is 0 Å². The summed E-state index contributed by atoms with van der Waals surface area (Å²) in [5.74, 6) is 0.942. The smallest absolute Gasteiger partial charge is 0.108 e. The second-order valence-electron chi connectivity index (χ2n) is 3.79. The zero-order chi connectivity index (χ0) is 12.1. The van der Waals surface area contributed by atoms with Crippen molar-refractivity contribution in [3.63, 3.8) is 0 Å². The molecule has 0 bridgehead atoms. The minimum absolute atomic E-state index is 0.0505. The summed E-state index contributed by atoms with van der Waals surface area (Å²) in [6, 6.07) is 8.48. The summed E-state index contributed by atoms with van der Waals surface area (Å²) in [6.45, 7) is 2.83. The molecule has 0 fully saturated rings. The SMILES string of the molecule is Cc1ccc(SCCn2cc(CO)nn2)cc1. The quantitative estimate of drug-likeness (QED) is 0.822. The van der Waals surface area contributed by atoms with Crippen LogP contribution in [0.5, 0.6) is 0 Å². The molecule has 1 heterocycles. The number of hydrogen-bond acceptors (Lipinski definition) is 4. The molecule has 4 nitrogen and oxygen atoms in total. The van der Waals surface area contributed by atoms with Crippen molar-refractivity contribution in [1.82, 2.24) is 15.0 Å². The van der Waals surface area contributed by atoms with Gasteiger partial charge in [0.2, 0.25) is 0 Å². The van der Waals surface area contributed by atoms with E-state index in [1.165, 1.54) is 10.5 Å². The molecule has 17 heavy (non-hydrogen) atoms. The van der Waals surface area contributed by atoms with Gasteiger partial charge in [0.25, 0.3) is 0 Å². The predicted molar refractivity (Wildman–Crippen MR) is 67.8 cm³/mol. The van der Waals surface area contributed by atoms with Gasteiger partial charge in [0.05, 0.1) is 19.3 Å². The Morgan fingerprint density at radius 3 is 2.71 bits per heavy atom. The molecule has 0 aliphatic carbocycles. The van der Waals surface area contributed by atoms with E-state index in [2.05, 4.69) is 41.5 Å². The molecule has 0 saturated heterocycles. The zero-order valence-corrected chi connectivity index (χ0v) is 10.5. The third-order valence-electron chi connectivity index (χ3n) is 2.36. The summed E-state index contributed by atoms with van der Waals surface area (Å²) >= 11 is 1.79. The van der Waals surface area contributed by atoms with Gasteiger partial charge in [-0.3, -0.25) is 4.68 Å². The Morgan fingerprint density at radius 1 is 1.29 bits per heavy atom. The molecule has 0 amide bonds. The molecule has 5 heteroatoms. The van der Waals surface area contributed by atoms with E-state index in [9.17, 15) is 0 Å². The number of nitrogens with zero attached hydrogens (tertiary/aromatic N) is 3. The fourth-order valence-corrected chi connectivity index (χ4v) is 2.25. The summed E-state index contributed by atoms with van der Waals surface area (Å²) in [6.07, 6.45) is 1.77. The first kappa shape index (κ1) is 12.1. The minimum atomic E-state index is -0.0505. The summed E-state index contributed by atoms with van der Waals surface area (Å²) < 4.78 is 1.76. The number of thioether (sulfide) groups is 1. The average Bonchev–Trinajstić information content (AvgIpc) is 2.80. The lowest BCUT2D eigenvalue weighted by molar-refractivity contribution is 0.276. The first-order valence-electron chi connectivity index (χ1n) is 5.47. The Hall–Kier alpha value is -1.33. The first-order valence-corrected chi connectivity index (χ1v) is 6.46. The number of aromatic nitrogens is 3. The van der Waals surface area contributed by atoms with E-state index in [-0.39, 0.29) is 6.61 Å². The standard InChI is InChI=1S/C12H15N3OS/c1-10-2-4-12(5-3-10)17-7-6-15-8-11(9-16)13-14-15/h2-5,8,16H,6-7,9H2,1H3. The van der Waals surface area contributed by atoms with Crippen LogP contribution in [0.2, 0.25) is 0 Å². The van der Waals surface area contributed by atoms with E-state index < -0.39 is 0 Å². The maximum absolute atomic E-state index is 8.86. The predicted octanol–water partition coefficient (Wildman–Crippen LogP) is 1.87. The fourth-order valence-electron chi connectivity index (χ4n) is 1.41. The van der Waals surface area contributed by atoms with Gasteiger partial charge in [-0.15, -0.1) is 16.9 Å². The van der Waals surface area contributed by atoms with Crippen LogP contribution in [0.25, 0.3) is 0 Å². The number of aryl methyl sites for hydroxylation is 2. The van der Waals surface area contributed by atoms with Crippen LogP contribution in [0.1, 0.15) is 11.3 Å². The van der Waals surface area contributed by atoms with Crippen LogP contribution in [0.3, 0.4) is 0 Å². The van der Waals surface area contributed by atoms with Gasteiger partial charge in [-0.25, -0.2) is 0 Å². The Morgan fingerprint density at radius 2 is 2.06 bits per heavy atom. The lowest BCUT2D eigenvalue weighted by Gasteiger charge is -2.02. The number of hydrogen-bond donors (Lipinski definition) is 1. The molecule has 0 atom stereocenters. The third kappa shape index (κ3) is 3.57. The summed E-state index contributed by atoms with van der Waals surface area (Å²) in [7, 11) is 0. The molecule has 2 rings (SSSR count). The van der Waals surface area contributed by atoms with Gasteiger partial charge < -0.3 is 5.11 Å². The maximum Gasteiger partial charge on any atom is 0.108 e. The van der Waals surface area contributed by atoms with Gasteiger partial charge in [0.1, 0.15) is 5.69 Å². The van der Waals surface area contributed by atoms with Crippen LogP contribution in [0.4, 0.5) is 0 Å². The van der Waals surface area contributed by atoms with E-state index >= 15 is 0 Å². The van der Waals surface area contributed by atoms with Crippen LogP contribution in [0, 0.1) is 6.92 Å². The fraction of sp³-hybridized carbons (Fsp3) is 0.333. The molecule has 0 aliphatic rings. The minimum Gasteiger partial charge on any atom is -0.390 e. The molecule has 90 valence electrons. The van der Waals surface area contributed by atoms with Crippen molar-refractivity contribution < 1.29 is 5.11 Å². The number of rotatable bonds is 5. The van der Waals surface area contributed by atoms with Gasteiger partial charge in [0.15, 0.2) is 0 Å². The van der Waals surface area contributed by atoms with Crippen LogP contribution < -0.4 is 0 Å². The highest BCUT2D eigenvalue weighted by Gasteiger charge is 1.99. The molecular formula is C12H15N3OS. The van der Waals surface area contributed by atoms with E-state index in [0.29, 0.717) is 5.69 Å². The van der Waals surface area contributed by atoms with Crippen molar-refractivity contribution in [2.45, 2.75) is 25.0 Å². The molecule has 0 unspecified atom stereocenters. The van der Waals surface area contributed by atoms with Crippen molar-refractivity contribution in [1.29, 1.82) is 0 Å². The molecule has 0 aliphatic heterocycles. The Balaban J connectivity index is 1.81. The molecule has 0 saturated carbocycles. The van der Waals surface area contributed by atoms with E-state index in [1.54, 1.807) is 22.6 Å². The Labute approximate surface area is 105 Å². The van der Waals surface area contributed by atoms with Crippen LogP contribution >= 0.6 is 11.8 Å². The monoisotopic (exact) mass is 249 g/mol. The lowest BCUT2D eigenvalue weighted by Crippen LogP contribution is -2.00. The summed E-state index contributed by atoms with van der Waals surface area (Å²) in [5, 5.41) is 16.6. The molecule has 1 aromatic carbocycles. The number of benzene rings is 1. The highest BCUT2D eigenvalue weighted by molar-refractivity contribution is 7.99. The van der Waals surface area contributed by atoms with Crippen LogP contribution in [-0.2, 0) is 13.2 Å². The average molecular weight is 249 g/mol.